The number of aromatic nitrogens is 2. The Labute approximate surface area is 248 Å². The van der Waals surface area contributed by atoms with Crippen molar-refractivity contribution in [1.29, 1.82) is 0 Å². The van der Waals surface area contributed by atoms with E-state index in [-0.39, 0.29) is 29.6 Å². The normalized spacial score (nSPS) is 21.6. The molecule has 2 saturated heterocycles. The summed E-state index contributed by atoms with van der Waals surface area (Å²) in [6.07, 6.45) is 9.33. The van der Waals surface area contributed by atoms with Crippen molar-refractivity contribution in [2.24, 2.45) is 11.8 Å². The van der Waals surface area contributed by atoms with Gasteiger partial charge >= 0.3 is 0 Å². The van der Waals surface area contributed by atoms with Gasteiger partial charge in [-0.15, -0.1) is 0 Å². The second kappa shape index (κ2) is 14.7. The van der Waals surface area contributed by atoms with Gasteiger partial charge in [0.1, 0.15) is 11.6 Å². The Balaban J connectivity index is 1.31. The maximum atomic E-state index is 13.6. The topological polar surface area (TPSA) is 97.2 Å². The highest BCUT2D eigenvalue weighted by Gasteiger charge is 2.30. The van der Waals surface area contributed by atoms with Crippen molar-refractivity contribution in [2.75, 3.05) is 59.1 Å². The van der Waals surface area contributed by atoms with Gasteiger partial charge in [-0.05, 0) is 57.1 Å². The lowest BCUT2D eigenvalue weighted by Crippen LogP contribution is -2.45. The number of ether oxygens (including phenoxy) is 2. The molecule has 1 aromatic carbocycles. The third-order valence-electron chi connectivity index (χ3n) is 8.79. The summed E-state index contributed by atoms with van der Waals surface area (Å²) in [5.41, 5.74) is 0.967. The average Bonchev–Trinajstić information content (AvgIpc) is 3.50. The van der Waals surface area contributed by atoms with Crippen molar-refractivity contribution in [1.82, 2.24) is 24.3 Å². The van der Waals surface area contributed by atoms with E-state index < -0.39 is 0 Å². The van der Waals surface area contributed by atoms with Gasteiger partial charge in [0, 0.05) is 83.2 Å². The number of fused-ring (bicyclic) bond motifs is 4. The maximum absolute atomic E-state index is 13.6. The summed E-state index contributed by atoms with van der Waals surface area (Å²) in [6, 6.07) is 7.95. The van der Waals surface area contributed by atoms with Crippen LogP contribution >= 0.6 is 0 Å². The number of piperidine rings is 1. The molecule has 0 saturated carbocycles. The molecule has 2 aromatic rings. The largest absolute Gasteiger partial charge is 0.494 e. The van der Waals surface area contributed by atoms with E-state index in [4.69, 9.17) is 9.47 Å². The van der Waals surface area contributed by atoms with Gasteiger partial charge in [0.05, 0.1) is 19.1 Å². The minimum Gasteiger partial charge on any atom is -0.494 e. The van der Waals surface area contributed by atoms with Crippen molar-refractivity contribution >= 4 is 17.7 Å². The number of benzene rings is 1. The molecule has 1 atom stereocenters. The molecule has 0 spiro atoms. The fourth-order valence-electron chi connectivity index (χ4n) is 6.31. The van der Waals surface area contributed by atoms with Gasteiger partial charge in [-0.2, -0.15) is 0 Å². The molecule has 3 amide bonds. The summed E-state index contributed by atoms with van der Waals surface area (Å²) in [5.74, 6) is 1.89. The quantitative estimate of drug-likeness (QED) is 0.541. The van der Waals surface area contributed by atoms with E-state index in [9.17, 15) is 14.4 Å². The van der Waals surface area contributed by atoms with Crippen molar-refractivity contribution in [2.45, 2.75) is 58.4 Å². The molecule has 10 nitrogen and oxygen atoms in total. The predicted molar refractivity (Wildman–Crippen MR) is 159 cm³/mol. The van der Waals surface area contributed by atoms with Crippen molar-refractivity contribution < 1.29 is 23.9 Å². The fraction of sp³-hybridized carbons (Fsp3) is 0.625. The van der Waals surface area contributed by atoms with Crippen LogP contribution in [0.1, 0.15) is 51.9 Å². The first-order valence-electron chi connectivity index (χ1n) is 15.6. The summed E-state index contributed by atoms with van der Waals surface area (Å²) in [6.45, 7) is 7.75. The predicted octanol–water partition coefficient (Wildman–Crippen LogP) is 3.46. The number of imidazole rings is 1. The van der Waals surface area contributed by atoms with Gasteiger partial charge in [-0.25, -0.2) is 4.98 Å². The highest BCUT2D eigenvalue weighted by molar-refractivity contribution is 5.80. The molecule has 4 heterocycles. The van der Waals surface area contributed by atoms with Crippen LogP contribution in [0.5, 0.6) is 5.75 Å². The molecule has 5 rings (SSSR count). The van der Waals surface area contributed by atoms with Crippen molar-refractivity contribution in [3.05, 3.63) is 36.7 Å². The summed E-state index contributed by atoms with van der Waals surface area (Å²) < 4.78 is 13.9. The zero-order valence-electron chi connectivity index (χ0n) is 24.9. The summed E-state index contributed by atoms with van der Waals surface area (Å²) in [7, 11) is 0. The zero-order chi connectivity index (χ0) is 29.3. The first kappa shape index (κ1) is 30.1. The molecular weight excluding hydrogens is 534 g/mol. The summed E-state index contributed by atoms with van der Waals surface area (Å²) in [5, 5.41) is 0. The van der Waals surface area contributed by atoms with Gasteiger partial charge in [-0.3, -0.25) is 14.4 Å². The average molecular weight is 580 g/mol. The Hall–Kier alpha value is -3.40. The maximum Gasteiger partial charge on any atom is 0.228 e. The standard InChI is InChI=1S/C32H45N5O5/c1-25(38)34-16-10-26(11-17-34)31(39)36-13-2-3-14-37(32(40)28-8-5-21-41-24-28)20-19-35-18-12-33-30(35)27-7-4-9-29(23-27)42-22-6-15-36/h4,7,9,12,18,23,26,28H,2-3,5-6,8,10-11,13-17,19-22,24H2,1H3. The number of hydrogen-bond donors (Lipinski definition) is 0. The Morgan fingerprint density at radius 1 is 0.786 bits per heavy atom. The van der Waals surface area contributed by atoms with Crippen LogP contribution in [-0.4, -0.2) is 101 Å². The molecule has 1 unspecified atom stereocenters. The van der Waals surface area contributed by atoms with E-state index in [0.29, 0.717) is 71.9 Å². The lowest BCUT2D eigenvalue weighted by atomic mass is 9.95. The smallest absolute Gasteiger partial charge is 0.228 e. The van der Waals surface area contributed by atoms with E-state index in [1.807, 2.05) is 45.2 Å². The molecule has 228 valence electrons. The third-order valence-corrected chi connectivity index (χ3v) is 8.79. The summed E-state index contributed by atoms with van der Waals surface area (Å²) in [4.78, 5) is 49.4. The first-order chi connectivity index (χ1) is 20.5. The molecule has 0 N–H and O–H groups in total. The van der Waals surface area contributed by atoms with Crippen molar-refractivity contribution in [3.8, 4) is 17.1 Å². The lowest BCUT2D eigenvalue weighted by Gasteiger charge is -2.34. The van der Waals surface area contributed by atoms with E-state index in [2.05, 4.69) is 9.55 Å². The van der Waals surface area contributed by atoms with Gasteiger partial charge in [0.25, 0.3) is 0 Å². The monoisotopic (exact) mass is 579 g/mol. The van der Waals surface area contributed by atoms with Gasteiger partial charge in [-0.1, -0.05) is 12.1 Å². The molecular formula is C32H45N5O5. The minimum atomic E-state index is -0.0945. The molecule has 0 radical (unpaired) electrons. The molecule has 2 bridgehead atoms. The lowest BCUT2D eigenvalue weighted by molar-refractivity contribution is -0.141. The Morgan fingerprint density at radius 2 is 1.52 bits per heavy atom. The van der Waals surface area contributed by atoms with E-state index in [1.54, 1.807) is 13.1 Å². The minimum absolute atomic E-state index is 0.0565. The third kappa shape index (κ3) is 7.70. The Morgan fingerprint density at radius 3 is 2.26 bits per heavy atom. The van der Waals surface area contributed by atoms with Gasteiger partial charge in [0.15, 0.2) is 0 Å². The SMILES string of the molecule is CC(=O)N1CCC(C(=O)N2CCCCN(C(=O)C3CCCOC3)CCn3ccnc3-c3cccc(c3)OCCC2)CC1. The molecule has 0 aliphatic carbocycles. The van der Waals surface area contributed by atoms with Crippen molar-refractivity contribution in [3.63, 3.8) is 0 Å². The number of hydrogen-bond acceptors (Lipinski definition) is 6. The van der Waals surface area contributed by atoms with E-state index in [0.717, 1.165) is 55.8 Å². The second-order valence-corrected chi connectivity index (χ2v) is 11.7. The zero-order valence-corrected chi connectivity index (χ0v) is 24.9. The first-order valence-corrected chi connectivity index (χ1v) is 15.6. The number of amides is 3. The van der Waals surface area contributed by atoms with Crippen LogP contribution in [0.4, 0.5) is 0 Å². The molecule has 1 aromatic heterocycles. The number of carbonyl (C=O) groups is 3. The van der Waals surface area contributed by atoms with Crippen LogP contribution in [0.2, 0.25) is 0 Å². The molecule has 2 fully saturated rings. The number of nitrogens with zero attached hydrogens (tertiary/aromatic N) is 5. The van der Waals surface area contributed by atoms with Crippen LogP contribution in [0.3, 0.4) is 0 Å². The van der Waals surface area contributed by atoms with Crippen LogP contribution in [-0.2, 0) is 25.7 Å². The Bertz CT molecular complexity index is 1200. The molecule has 3 aliphatic heterocycles. The summed E-state index contributed by atoms with van der Waals surface area (Å²) >= 11 is 0. The van der Waals surface area contributed by atoms with E-state index >= 15 is 0 Å². The number of carbonyl (C=O) groups excluding carboxylic acids is 3. The van der Waals surface area contributed by atoms with Gasteiger partial charge in [0.2, 0.25) is 17.7 Å². The Kier molecular flexibility index (Phi) is 10.5. The number of rotatable bonds is 2. The molecule has 3 aliphatic rings. The number of likely N-dealkylation sites (tertiary alicyclic amines) is 1. The van der Waals surface area contributed by atoms with Crippen LogP contribution in [0.25, 0.3) is 11.4 Å². The van der Waals surface area contributed by atoms with Crippen LogP contribution < -0.4 is 4.74 Å². The fourth-order valence-corrected chi connectivity index (χ4v) is 6.31. The highest BCUT2D eigenvalue weighted by Crippen LogP contribution is 2.25. The van der Waals surface area contributed by atoms with Gasteiger partial charge < -0.3 is 28.7 Å². The molecule has 10 heteroatoms. The molecule has 42 heavy (non-hydrogen) atoms. The van der Waals surface area contributed by atoms with E-state index in [1.165, 1.54) is 0 Å². The van der Waals surface area contributed by atoms with Crippen LogP contribution in [0.15, 0.2) is 36.7 Å². The van der Waals surface area contributed by atoms with Crippen LogP contribution in [0, 0.1) is 11.8 Å². The second-order valence-electron chi connectivity index (χ2n) is 11.7. The highest BCUT2D eigenvalue weighted by atomic mass is 16.5.